The molecule has 0 aliphatic rings. The van der Waals surface area contributed by atoms with Gasteiger partial charge in [-0.3, -0.25) is 9.59 Å². The number of rotatable bonds is 9. The van der Waals surface area contributed by atoms with Crippen molar-refractivity contribution in [2.75, 3.05) is 20.2 Å². The summed E-state index contributed by atoms with van der Waals surface area (Å²) in [6.45, 7) is 3.32. The summed E-state index contributed by atoms with van der Waals surface area (Å²) in [6.07, 6.45) is 0.846. The third kappa shape index (κ3) is 7.97. The van der Waals surface area contributed by atoms with Gasteiger partial charge in [-0.1, -0.05) is 19.1 Å². The summed E-state index contributed by atoms with van der Waals surface area (Å²) in [7, 11) is 1.53. The van der Waals surface area contributed by atoms with Gasteiger partial charge in [0.1, 0.15) is 0 Å². The Morgan fingerprint density at radius 1 is 1.30 bits per heavy atom. The molecule has 0 saturated heterocycles. The molecule has 130 valence electrons. The Labute approximate surface area is 143 Å². The number of ether oxygens (including phenoxy) is 1. The molecule has 1 atom stereocenters. The molecule has 6 nitrogen and oxygen atoms in total. The summed E-state index contributed by atoms with van der Waals surface area (Å²) >= 11 is 0. The number of carbonyl (C=O) groups excluding carboxylic acids is 2. The second-order valence-electron chi connectivity index (χ2n) is 5.03. The van der Waals surface area contributed by atoms with Crippen LogP contribution >= 0.6 is 12.4 Å². The zero-order valence-electron chi connectivity index (χ0n) is 13.6. The number of amides is 2. The van der Waals surface area contributed by atoms with E-state index >= 15 is 0 Å². The van der Waals surface area contributed by atoms with E-state index in [0.717, 1.165) is 12.0 Å². The van der Waals surface area contributed by atoms with Crippen LogP contribution in [0.2, 0.25) is 0 Å². The van der Waals surface area contributed by atoms with Gasteiger partial charge in [0.05, 0.1) is 12.5 Å². The van der Waals surface area contributed by atoms with Crippen LogP contribution in [0.15, 0.2) is 24.3 Å². The molecule has 0 fully saturated rings. The Morgan fingerprint density at radius 3 is 2.65 bits per heavy atom. The van der Waals surface area contributed by atoms with E-state index in [9.17, 15) is 9.59 Å². The van der Waals surface area contributed by atoms with Crippen molar-refractivity contribution in [1.29, 1.82) is 0 Å². The van der Waals surface area contributed by atoms with Crippen LogP contribution in [-0.2, 0) is 16.1 Å². The molecule has 0 aliphatic carbocycles. The number of halogens is 1. The first-order valence-electron chi connectivity index (χ1n) is 7.47. The van der Waals surface area contributed by atoms with E-state index in [-0.39, 0.29) is 36.7 Å². The second kappa shape index (κ2) is 11.9. The lowest BCUT2D eigenvalue weighted by atomic mass is 10.1. The van der Waals surface area contributed by atoms with Crippen LogP contribution < -0.4 is 16.4 Å². The average molecular weight is 344 g/mol. The summed E-state index contributed by atoms with van der Waals surface area (Å²) in [5, 5.41) is 5.63. The predicted octanol–water partition coefficient (Wildman–Crippen LogP) is 1.23. The topological polar surface area (TPSA) is 93.5 Å². The minimum atomic E-state index is -0.272. The first-order valence-corrected chi connectivity index (χ1v) is 7.47. The van der Waals surface area contributed by atoms with Crippen molar-refractivity contribution in [2.24, 2.45) is 5.73 Å². The largest absolute Gasteiger partial charge is 0.380 e. The Morgan fingerprint density at radius 2 is 2.04 bits per heavy atom. The summed E-state index contributed by atoms with van der Waals surface area (Å²) in [4.78, 5) is 23.7. The lowest BCUT2D eigenvalue weighted by Crippen LogP contribution is -2.32. The molecule has 0 aliphatic heterocycles. The summed E-state index contributed by atoms with van der Waals surface area (Å²) in [6, 6.07) is 7.21. The number of nitrogens with one attached hydrogen (secondary N) is 2. The molecular formula is C16H26ClN3O3. The van der Waals surface area contributed by atoms with Crippen LogP contribution in [0.25, 0.3) is 0 Å². The highest BCUT2D eigenvalue weighted by molar-refractivity contribution is 5.94. The fourth-order valence-corrected chi connectivity index (χ4v) is 1.91. The van der Waals surface area contributed by atoms with E-state index in [1.54, 1.807) is 18.2 Å². The third-order valence-electron chi connectivity index (χ3n) is 3.22. The molecule has 1 aromatic rings. The maximum absolute atomic E-state index is 11.9. The van der Waals surface area contributed by atoms with Crippen molar-refractivity contribution < 1.29 is 14.3 Å². The molecule has 0 spiro atoms. The number of carbonyl (C=O) groups is 2. The monoisotopic (exact) mass is 343 g/mol. The third-order valence-corrected chi connectivity index (χ3v) is 3.22. The highest BCUT2D eigenvalue weighted by Gasteiger charge is 2.11. The van der Waals surface area contributed by atoms with E-state index in [2.05, 4.69) is 10.6 Å². The van der Waals surface area contributed by atoms with Crippen molar-refractivity contribution >= 4 is 24.2 Å². The van der Waals surface area contributed by atoms with Crippen LogP contribution in [0.4, 0.5) is 0 Å². The molecule has 0 saturated carbocycles. The summed E-state index contributed by atoms with van der Waals surface area (Å²) in [5.74, 6) is -0.226. The number of methoxy groups -OCH3 is 1. The fourth-order valence-electron chi connectivity index (χ4n) is 1.91. The minimum Gasteiger partial charge on any atom is -0.380 e. The lowest BCUT2D eigenvalue weighted by Gasteiger charge is -2.13. The molecule has 7 heteroatoms. The highest BCUT2D eigenvalue weighted by Crippen LogP contribution is 2.06. The first-order chi connectivity index (χ1) is 10.6. The van der Waals surface area contributed by atoms with E-state index in [4.69, 9.17) is 10.5 Å². The summed E-state index contributed by atoms with van der Waals surface area (Å²) < 4.78 is 5.07. The second-order valence-corrected chi connectivity index (χ2v) is 5.03. The predicted molar refractivity (Wildman–Crippen MR) is 92.6 cm³/mol. The normalized spacial score (nSPS) is 11.3. The molecule has 4 N–H and O–H groups in total. The van der Waals surface area contributed by atoms with Crippen LogP contribution in [0.3, 0.4) is 0 Å². The van der Waals surface area contributed by atoms with Crippen molar-refractivity contribution in [2.45, 2.75) is 32.4 Å². The van der Waals surface area contributed by atoms with E-state index in [0.29, 0.717) is 25.2 Å². The van der Waals surface area contributed by atoms with Gasteiger partial charge in [0.25, 0.3) is 5.91 Å². The zero-order chi connectivity index (χ0) is 16.4. The molecule has 2 amide bonds. The van der Waals surface area contributed by atoms with Crippen molar-refractivity contribution in [3.63, 3.8) is 0 Å². The van der Waals surface area contributed by atoms with Gasteiger partial charge in [-0.2, -0.15) is 0 Å². The molecular weight excluding hydrogens is 318 g/mol. The van der Waals surface area contributed by atoms with E-state index in [1.807, 2.05) is 13.0 Å². The number of nitrogens with two attached hydrogens (primary N) is 1. The van der Waals surface area contributed by atoms with Gasteiger partial charge in [0.15, 0.2) is 0 Å². The van der Waals surface area contributed by atoms with Gasteiger partial charge in [0, 0.05) is 32.3 Å². The van der Waals surface area contributed by atoms with Gasteiger partial charge in [-0.15, -0.1) is 12.4 Å². The molecule has 0 radical (unpaired) electrons. The SMILES string of the molecule is CCCNC(=O)c1cccc(CNC(=O)CC(CN)OC)c1.Cl. The van der Waals surface area contributed by atoms with E-state index < -0.39 is 0 Å². The minimum absolute atomic E-state index is 0. The number of hydrogen-bond donors (Lipinski definition) is 3. The first kappa shape index (κ1) is 21.4. The Balaban J connectivity index is 0.00000484. The smallest absolute Gasteiger partial charge is 0.251 e. The van der Waals surface area contributed by atoms with E-state index in [1.165, 1.54) is 7.11 Å². The van der Waals surface area contributed by atoms with Gasteiger partial charge < -0.3 is 21.1 Å². The number of benzene rings is 1. The molecule has 1 aromatic carbocycles. The molecule has 0 heterocycles. The highest BCUT2D eigenvalue weighted by atomic mass is 35.5. The van der Waals surface area contributed by atoms with Crippen molar-refractivity contribution in [1.82, 2.24) is 10.6 Å². The summed E-state index contributed by atoms with van der Waals surface area (Å²) in [5.41, 5.74) is 6.95. The van der Waals surface area contributed by atoms with Gasteiger partial charge in [-0.05, 0) is 24.1 Å². The lowest BCUT2D eigenvalue weighted by molar-refractivity contribution is -0.123. The zero-order valence-corrected chi connectivity index (χ0v) is 14.4. The maximum Gasteiger partial charge on any atom is 0.251 e. The molecule has 23 heavy (non-hydrogen) atoms. The van der Waals surface area contributed by atoms with Gasteiger partial charge in [-0.25, -0.2) is 0 Å². The van der Waals surface area contributed by atoms with Crippen LogP contribution in [-0.4, -0.2) is 38.1 Å². The Hall–Kier alpha value is -1.63. The standard InChI is InChI=1S/C16H25N3O3.ClH/c1-3-7-18-16(21)13-6-4-5-12(8-13)11-19-15(20)9-14(10-17)22-2;/h4-6,8,14H,3,7,9-11,17H2,1-2H3,(H,18,21)(H,19,20);1H. The van der Waals surface area contributed by atoms with Gasteiger partial charge >= 0.3 is 0 Å². The van der Waals surface area contributed by atoms with Crippen molar-refractivity contribution in [3.8, 4) is 0 Å². The van der Waals surface area contributed by atoms with Crippen LogP contribution in [0, 0.1) is 0 Å². The molecule has 0 aromatic heterocycles. The van der Waals surface area contributed by atoms with Gasteiger partial charge in [0.2, 0.25) is 5.91 Å². The number of hydrogen-bond acceptors (Lipinski definition) is 4. The molecule has 1 unspecified atom stereocenters. The Kier molecular flexibility index (Phi) is 11.0. The fraction of sp³-hybridized carbons (Fsp3) is 0.500. The molecule has 1 rings (SSSR count). The maximum atomic E-state index is 11.9. The molecule has 0 bridgehead atoms. The average Bonchev–Trinajstić information content (AvgIpc) is 2.55. The Bertz CT molecular complexity index is 493. The van der Waals surface area contributed by atoms with Crippen molar-refractivity contribution in [3.05, 3.63) is 35.4 Å². The van der Waals surface area contributed by atoms with Crippen LogP contribution in [0.1, 0.15) is 35.7 Å². The van der Waals surface area contributed by atoms with Crippen LogP contribution in [0.5, 0.6) is 0 Å². The quantitative estimate of drug-likeness (QED) is 0.628.